The van der Waals surface area contributed by atoms with Gasteiger partial charge in [0.25, 0.3) is 0 Å². The van der Waals surface area contributed by atoms with Crippen LogP contribution < -0.4 is 4.90 Å². The molecule has 0 N–H and O–H groups in total. The molecule has 2 bridgehead atoms. The van der Waals surface area contributed by atoms with Gasteiger partial charge >= 0.3 is 0 Å². The predicted molar refractivity (Wildman–Crippen MR) is 73.3 cm³/mol. The molecule has 2 fully saturated rings. The van der Waals surface area contributed by atoms with Gasteiger partial charge in [0, 0.05) is 5.02 Å². The van der Waals surface area contributed by atoms with Gasteiger partial charge in [0.05, 0.1) is 29.2 Å². The summed E-state index contributed by atoms with van der Waals surface area (Å²) < 4.78 is 5.77. The molecule has 1 aromatic rings. The second-order valence-electron chi connectivity index (χ2n) is 5.62. The van der Waals surface area contributed by atoms with E-state index in [4.69, 9.17) is 16.3 Å². The molecular weight excluding hydrogens is 278 g/mol. The zero-order valence-corrected chi connectivity index (χ0v) is 11.5. The van der Waals surface area contributed by atoms with Crippen molar-refractivity contribution in [3.8, 4) is 0 Å². The van der Waals surface area contributed by atoms with Crippen LogP contribution in [-0.4, -0.2) is 23.5 Å². The minimum atomic E-state index is -0.657. The molecule has 4 rings (SSSR count). The molecule has 3 aliphatic rings. The number of carbonyl (C=O) groups excluding carboxylic acids is 2. The maximum atomic E-state index is 12.7. The highest BCUT2D eigenvalue weighted by Crippen LogP contribution is 2.52. The van der Waals surface area contributed by atoms with Crippen molar-refractivity contribution < 1.29 is 14.3 Å². The smallest absolute Gasteiger partial charge is 0.241 e. The number of benzene rings is 1. The Kier molecular flexibility index (Phi) is 2.25. The summed E-state index contributed by atoms with van der Waals surface area (Å²) in [6.07, 6.45) is 3.49. The van der Waals surface area contributed by atoms with Gasteiger partial charge in [-0.3, -0.25) is 9.59 Å². The van der Waals surface area contributed by atoms with Gasteiger partial charge in [0.1, 0.15) is 0 Å². The quantitative estimate of drug-likeness (QED) is 0.588. The van der Waals surface area contributed by atoms with Crippen LogP contribution in [0.4, 0.5) is 5.69 Å². The first-order valence-corrected chi connectivity index (χ1v) is 6.90. The summed E-state index contributed by atoms with van der Waals surface area (Å²) in [4.78, 5) is 26.5. The van der Waals surface area contributed by atoms with Crippen LogP contribution in [0.2, 0.25) is 5.02 Å². The third-order valence-electron chi connectivity index (χ3n) is 4.40. The van der Waals surface area contributed by atoms with Crippen molar-refractivity contribution in [2.24, 2.45) is 11.8 Å². The Labute approximate surface area is 121 Å². The van der Waals surface area contributed by atoms with Crippen molar-refractivity contribution in [3.05, 3.63) is 41.4 Å². The van der Waals surface area contributed by atoms with Gasteiger partial charge in [-0.2, -0.15) is 0 Å². The first kappa shape index (κ1) is 12.1. The van der Waals surface area contributed by atoms with Crippen molar-refractivity contribution in [1.29, 1.82) is 0 Å². The number of imide groups is 1. The zero-order chi connectivity index (χ0) is 14.1. The van der Waals surface area contributed by atoms with Crippen LogP contribution in [0, 0.1) is 11.8 Å². The summed E-state index contributed by atoms with van der Waals surface area (Å²) in [5.74, 6) is -1.22. The van der Waals surface area contributed by atoms with Gasteiger partial charge in [-0.15, -0.1) is 0 Å². The van der Waals surface area contributed by atoms with Gasteiger partial charge in [0.2, 0.25) is 11.8 Å². The maximum absolute atomic E-state index is 12.7. The summed E-state index contributed by atoms with van der Waals surface area (Å²) >= 11 is 5.95. The Bertz CT molecular complexity index is 671. The molecule has 20 heavy (non-hydrogen) atoms. The molecule has 3 heterocycles. The normalized spacial score (nSPS) is 37.9. The summed E-state index contributed by atoms with van der Waals surface area (Å²) in [6.45, 7) is 1.86. The maximum Gasteiger partial charge on any atom is 0.241 e. The standard InChI is InChI=1S/C15H12ClNO3/c1-15-6-5-10(20-15)11-12(15)14(19)17(13(11)18)9-4-2-3-8(16)7-9/h2-7,10-12H,1H3/t10-,11+,12+,15+/m1/s1. The first-order chi connectivity index (χ1) is 9.51. The molecule has 0 radical (unpaired) electrons. The van der Waals surface area contributed by atoms with Gasteiger partial charge in [-0.05, 0) is 25.1 Å². The van der Waals surface area contributed by atoms with Crippen LogP contribution in [0.25, 0.3) is 0 Å². The number of fused-ring (bicyclic) bond motifs is 5. The average Bonchev–Trinajstić information content (AvgIpc) is 2.99. The van der Waals surface area contributed by atoms with E-state index in [0.717, 1.165) is 0 Å². The highest BCUT2D eigenvalue weighted by Gasteiger charge is 2.65. The number of carbonyl (C=O) groups is 2. The van der Waals surface area contributed by atoms with E-state index in [2.05, 4.69) is 0 Å². The molecule has 2 amide bonds. The summed E-state index contributed by atoms with van der Waals surface area (Å²) in [5, 5.41) is 0.503. The van der Waals surface area contributed by atoms with E-state index >= 15 is 0 Å². The van der Waals surface area contributed by atoms with Crippen LogP contribution in [0.1, 0.15) is 6.92 Å². The fourth-order valence-electron chi connectivity index (χ4n) is 3.52. The molecule has 1 aromatic carbocycles. The second-order valence-corrected chi connectivity index (χ2v) is 6.06. The molecule has 0 saturated carbocycles. The highest BCUT2D eigenvalue weighted by molar-refractivity contribution is 6.31. The number of hydrogen-bond donors (Lipinski definition) is 0. The Morgan fingerprint density at radius 3 is 2.80 bits per heavy atom. The summed E-state index contributed by atoms with van der Waals surface area (Å²) in [5.41, 5.74) is -0.125. The van der Waals surface area contributed by atoms with Gasteiger partial charge in [-0.25, -0.2) is 4.90 Å². The lowest BCUT2D eigenvalue weighted by atomic mass is 9.78. The largest absolute Gasteiger partial charge is 0.362 e. The van der Waals surface area contributed by atoms with E-state index in [1.54, 1.807) is 24.3 Å². The molecule has 5 heteroatoms. The zero-order valence-electron chi connectivity index (χ0n) is 10.7. The van der Waals surface area contributed by atoms with Crippen LogP contribution in [0.5, 0.6) is 0 Å². The van der Waals surface area contributed by atoms with Crippen LogP contribution in [-0.2, 0) is 14.3 Å². The molecule has 4 nitrogen and oxygen atoms in total. The minimum absolute atomic E-state index is 0.194. The average molecular weight is 290 g/mol. The van der Waals surface area contributed by atoms with Crippen molar-refractivity contribution in [3.63, 3.8) is 0 Å². The SMILES string of the molecule is C[C@@]12C=C[C@@H](O1)[C@@H]1C(=O)N(c3cccc(Cl)c3)C(=O)[C@H]12. The Balaban J connectivity index is 1.79. The lowest BCUT2D eigenvalue weighted by Gasteiger charge is -2.24. The number of rotatable bonds is 1. The molecule has 0 spiro atoms. The highest BCUT2D eigenvalue weighted by atomic mass is 35.5. The van der Waals surface area contributed by atoms with E-state index in [1.165, 1.54) is 4.90 Å². The number of nitrogens with zero attached hydrogens (tertiary/aromatic N) is 1. The van der Waals surface area contributed by atoms with Crippen molar-refractivity contribution in [1.82, 2.24) is 0 Å². The lowest BCUT2D eigenvalue weighted by molar-refractivity contribution is -0.126. The van der Waals surface area contributed by atoms with E-state index < -0.39 is 17.4 Å². The van der Waals surface area contributed by atoms with E-state index in [9.17, 15) is 9.59 Å². The lowest BCUT2D eigenvalue weighted by Crippen LogP contribution is -2.38. The Morgan fingerprint density at radius 2 is 2.10 bits per heavy atom. The van der Waals surface area contributed by atoms with Gasteiger partial charge < -0.3 is 4.74 Å². The number of halogens is 1. The first-order valence-electron chi connectivity index (χ1n) is 6.52. The molecule has 0 aromatic heterocycles. The number of hydrogen-bond acceptors (Lipinski definition) is 3. The van der Waals surface area contributed by atoms with E-state index in [-0.39, 0.29) is 17.9 Å². The fourth-order valence-corrected chi connectivity index (χ4v) is 3.71. The number of amides is 2. The molecule has 4 atom stereocenters. The Morgan fingerprint density at radius 1 is 1.30 bits per heavy atom. The number of ether oxygens (including phenoxy) is 1. The molecule has 3 aliphatic heterocycles. The topological polar surface area (TPSA) is 46.6 Å². The molecule has 2 saturated heterocycles. The van der Waals surface area contributed by atoms with Crippen molar-refractivity contribution in [2.75, 3.05) is 4.90 Å². The van der Waals surface area contributed by atoms with Crippen LogP contribution in [0.15, 0.2) is 36.4 Å². The summed E-state index contributed by atoms with van der Waals surface area (Å²) in [7, 11) is 0. The minimum Gasteiger partial charge on any atom is -0.362 e. The monoisotopic (exact) mass is 289 g/mol. The third-order valence-corrected chi connectivity index (χ3v) is 4.63. The van der Waals surface area contributed by atoms with Gasteiger partial charge in [0.15, 0.2) is 0 Å². The summed E-state index contributed by atoms with van der Waals surface area (Å²) in [6, 6.07) is 6.81. The Hall–Kier alpha value is -1.65. The van der Waals surface area contributed by atoms with Crippen LogP contribution >= 0.6 is 11.6 Å². The molecular formula is C15H12ClNO3. The van der Waals surface area contributed by atoms with E-state index in [1.807, 2.05) is 19.1 Å². The van der Waals surface area contributed by atoms with Crippen molar-refractivity contribution in [2.45, 2.75) is 18.6 Å². The predicted octanol–water partition coefficient (Wildman–Crippen LogP) is 2.17. The van der Waals surface area contributed by atoms with Gasteiger partial charge in [-0.1, -0.05) is 29.8 Å². The molecule has 0 unspecified atom stereocenters. The van der Waals surface area contributed by atoms with Crippen molar-refractivity contribution >= 4 is 29.1 Å². The fraction of sp³-hybridized carbons (Fsp3) is 0.333. The third kappa shape index (κ3) is 1.35. The second kappa shape index (κ2) is 3.71. The van der Waals surface area contributed by atoms with E-state index in [0.29, 0.717) is 10.7 Å². The number of anilines is 1. The van der Waals surface area contributed by atoms with Crippen LogP contribution in [0.3, 0.4) is 0 Å². The molecule has 102 valence electrons. The molecule has 0 aliphatic carbocycles.